The Hall–Kier alpha value is -1.02. The second-order valence-corrected chi connectivity index (χ2v) is 4.64. The highest BCUT2D eigenvalue weighted by Gasteiger charge is 2.30. The molecule has 0 aliphatic heterocycles. The maximum absolute atomic E-state index is 9.90. The first-order valence-electron chi connectivity index (χ1n) is 5.01. The van der Waals surface area contributed by atoms with Gasteiger partial charge in [0, 0.05) is 5.56 Å². The van der Waals surface area contributed by atoms with E-state index in [2.05, 4.69) is 13.8 Å². The van der Waals surface area contributed by atoms with Gasteiger partial charge in [-0.2, -0.15) is 0 Å². The molecule has 1 unspecified atom stereocenters. The monoisotopic (exact) mass is 192 g/mol. The molecule has 1 aromatic heterocycles. The highest BCUT2D eigenvalue weighted by molar-refractivity contribution is 5.66. The fraction of sp³-hybridized carbons (Fsp3) is 0.500. The summed E-state index contributed by atoms with van der Waals surface area (Å²) in [6.07, 6.45) is 7.05. The minimum atomic E-state index is -0.346. The van der Waals surface area contributed by atoms with Crippen molar-refractivity contribution in [2.75, 3.05) is 0 Å². The first kappa shape index (κ1) is 9.53. The number of hydrogen-bond acceptors (Lipinski definition) is 2. The lowest BCUT2D eigenvalue weighted by molar-refractivity contribution is 0.0794. The summed E-state index contributed by atoms with van der Waals surface area (Å²) in [7, 11) is 0. The van der Waals surface area contributed by atoms with Crippen LogP contribution in [0.3, 0.4) is 0 Å². The first-order valence-corrected chi connectivity index (χ1v) is 5.01. The summed E-state index contributed by atoms with van der Waals surface area (Å²) in [6, 6.07) is 1.94. The molecule has 14 heavy (non-hydrogen) atoms. The summed E-state index contributed by atoms with van der Waals surface area (Å²) in [5.41, 5.74) is 2.30. The van der Waals surface area contributed by atoms with Crippen molar-refractivity contribution in [1.82, 2.24) is 0 Å². The number of allylic oxidation sites excluding steroid dienone is 1. The van der Waals surface area contributed by atoms with Crippen LogP contribution in [-0.2, 0) is 0 Å². The average Bonchev–Trinajstić information content (AvgIpc) is 2.62. The zero-order chi connectivity index (χ0) is 10.2. The molecule has 0 aromatic carbocycles. The van der Waals surface area contributed by atoms with Gasteiger partial charge < -0.3 is 9.52 Å². The molecule has 0 amide bonds. The van der Waals surface area contributed by atoms with Gasteiger partial charge in [-0.05, 0) is 29.9 Å². The SMILES string of the molecule is CC1(C)CCC(c2ccoc2)=CC1O. The predicted octanol–water partition coefficient (Wildman–Crippen LogP) is 2.84. The quantitative estimate of drug-likeness (QED) is 0.742. The van der Waals surface area contributed by atoms with Crippen molar-refractivity contribution in [2.24, 2.45) is 5.41 Å². The Kier molecular flexibility index (Phi) is 2.23. The van der Waals surface area contributed by atoms with E-state index in [0.29, 0.717) is 0 Å². The average molecular weight is 192 g/mol. The molecule has 76 valence electrons. The topological polar surface area (TPSA) is 33.4 Å². The molecule has 0 saturated carbocycles. The zero-order valence-corrected chi connectivity index (χ0v) is 8.66. The minimum Gasteiger partial charge on any atom is -0.472 e. The maximum atomic E-state index is 9.90. The van der Waals surface area contributed by atoms with Crippen LogP contribution < -0.4 is 0 Å². The Bertz CT molecular complexity index is 333. The van der Waals surface area contributed by atoms with Crippen molar-refractivity contribution in [3.05, 3.63) is 30.2 Å². The van der Waals surface area contributed by atoms with Crippen LogP contribution in [-0.4, -0.2) is 11.2 Å². The van der Waals surface area contributed by atoms with Gasteiger partial charge in [0.1, 0.15) is 0 Å². The molecule has 1 aromatic rings. The molecule has 2 heteroatoms. The summed E-state index contributed by atoms with van der Waals surface area (Å²) >= 11 is 0. The van der Waals surface area contributed by atoms with Gasteiger partial charge in [0.05, 0.1) is 18.6 Å². The van der Waals surface area contributed by atoms with E-state index in [1.54, 1.807) is 12.5 Å². The van der Waals surface area contributed by atoms with Crippen LogP contribution in [0.15, 0.2) is 29.1 Å². The summed E-state index contributed by atoms with van der Waals surface area (Å²) in [5, 5.41) is 9.90. The number of furan rings is 1. The van der Waals surface area contributed by atoms with E-state index >= 15 is 0 Å². The van der Waals surface area contributed by atoms with Crippen LogP contribution in [0.5, 0.6) is 0 Å². The second kappa shape index (κ2) is 3.28. The Balaban J connectivity index is 2.25. The molecule has 0 radical (unpaired) electrons. The number of rotatable bonds is 1. The van der Waals surface area contributed by atoms with E-state index in [0.717, 1.165) is 18.4 Å². The highest BCUT2D eigenvalue weighted by atomic mass is 16.3. The fourth-order valence-corrected chi connectivity index (χ4v) is 1.79. The molecular weight excluding hydrogens is 176 g/mol. The number of hydrogen-bond donors (Lipinski definition) is 1. The van der Waals surface area contributed by atoms with Crippen molar-refractivity contribution in [1.29, 1.82) is 0 Å². The van der Waals surface area contributed by atoms with E-state index in [4.69, 9.17) is 4.42 Å². The van der Waals surface area contributed by atoms with Gasteiger partial charge >= 0.3 is 0 Å². The lowest BCUT2D eigenvalue weighted by Crippen LogP contribution is -2.30. The van der Waals surface area contributed by atoms with Crippen molar-refractivity contribution in [2.45, 2.75) is 32.8 Å². The first-order chi connectivity index (χ1) is 6.59. The van der Waals surface area contributed by atoms with E-state index in [-0.39, 0.29) is 11.5 Å². The number of aliphatic hydroxyl groups is 1. The third-order valence-corrected chi connectivity index (χ3v) is 3.09. The smallest absolute Gasteiger partial charge is 0.0977 e. The van der Waals surface area contributed by atoms with E-state index < -0.39 is 0 Å². The van der Waals surface area contributed by atoms with Gasteiger partial charge in [0.15, 0.2) is 0 Å². The molecule has 1 heterocycles. The van der Waals surface area contributed by atoms with Crippen molar-refractivity contribution < 1.29 is 9.52 Å². The molecule has 2 rings (SSSR count). The number of aliphatic hydroxyl groups excluding tert-OH is 1. The van der Waals surface area contributed by atoms with Gasteiger partial charge in [-0.25, -0.2) is 0 Å². The molecule has 1 aliphatic carbocycles. The van der Waals surface area contributed by atoms with Gasteiger partial charge in [0.25, 0.3) is 0 Å². The van der Waals surface area contributed by atoms with Crippen molar-refractivity contribution in [3.8, 4) is 0 Å². The lowest BCUT2D eigenvalue weighted by Gasteiger charge is -2.33. The van der Waals surface area contributed by atoms with Gasteiger partial charge in [-0.1, -0.05) is 19.9 Å². The summed E-state index contributed by atoms with van der Waals surface area (Å²) in [5.74, 6) is 0. The van der Waals surface area contributed by atoms with Crippen LogP contribution >= 0.6 is 0 Å². The lowest BCUT2D eigenvalue weighted by atomic mass is 9.75. The Morgan fingerprint density at radius 2 is 2.29 bits per heavy atom. The molecule has 2 nitrogen and oxygen atoms in total. The second-order valence-electron chi connectivity index (χ2n) is 4.64. The molecule has 1 aliphatic rings. The van der Waals surface area contributed by atoms with Crippen LogP contribution in [0.2, 0.25) is 0 Å². The normalized spacial score (nSPS) is 25.9. The Morgan fingerprint density at radius 3 is 2.86 bits per heavy atom. The summed E-state index contributed by atoms with van der Waals surface area (Å²) < 4.78 is 5.03. The minimum absolute atomic E-state index is 0.00718. The molecule has 0 spiro atoms. The van der Waals surface area contributed by atoms with Crippen molar-refractivity contribution >= 4 is 5.57 Å². The van der Waals surface area contributed by atoms with E-state index in [1.165, 1.54) is 5.57 Å². The predicted molar refractivity (Wildman–Crippen MR) is 55.7 cm³/mol. The molecule has 0 fully saturated rings. The Morgan fingerprint density at radius 1 is 1.50 bits per heavy atom. The van der Waals surface area contributed by atoms with Gasteiger partial charge in [-0.15, -0.1) is 0 Å². The summed E-state index contributed by atoms with van der Waals surface area (Å²) in [4.78, 5) is 0. The highest BCUT2D eigenvalue weighted by Crippen LogP contribution is 2.38. The zero-order valence-electron chi connectivity index (χ0n) is 8.66. The van der Waals surface area contributed by atoms with E-state index in [1.807, 2.05) is 12.1 Å². The van der Waals surface area contributed by atoms with Crippen LogP contribution in [0, 0.1) is 5.41 Å². The standard InChI is InChI=1S/C12H16O2/c1-12(2)5-3-9(7-11(12)13)10-4-6-14-8-10/h4,6-8,11,13H,3,5H2,1-2H3. The van der Waals surface area contributed by atoms with Crippen LogP contribution in [0.1, 0.15) is 32.3 Å². The third-order valence-electron chi connectivity index (χ3n) is 3.09. The third kappa shape index (κ3) is 1.62. The molecular formula is C12H16O2. The van der Waals surface area contributed by atoms with E-state index in [9.17, 15) is 5.11 Å². The maximum Gasteiger partial charge on any atom is 0.0977 e. The van der Waals surface area contributed by atoms with Gasteiger partial charge in [-0.3, -0.25) is 0 Å². The molecule has 0 saturated heterocycles. The molecule has 1 N–H and O–H groups in total. The van der Waals surface area contributed by atoms with Crippen LogP contribution in [0.25, 0.3) is 5.57 Å². The van der Waals surface area contributed by atoms with Crippen LogP contribution in [0.4, 0.5) is 0 Å². The molecule has 1 atom stereocenters. The van der Waals surface area contributed by atoms with Gasteiger partial charge in [0.2, 0.25) is 0 Å². The summed E-state index contributed by atoms with van der Waals surface area (Å²) in [6.45, 7) is 4.20. The van der Waals surface area contributed by atoms with Crippen molar-refractivity contribution in [3.63, 3.8) is 0 Å². The molecule has 0 bridgehead atoms. The Labute approximate surface area is 84.2 Å². The largest absolute Gasteiger partial charge is 0.472 e. The fourth-order valence-electron chi connectivity index (χ4n) is 1.79.